The molecule has 0 spiro atoms. The maximum atomic E-state index is 4.11. The van der Waals surface area contributed by atoms with Crippen LogP contribution < -0.4 is 79.9 Å². The number of hydrazone groups is 1. The van der Waals surface area contributed by atoms with E-state index in [1.165, 1.54) is 4.89 Å². The minimum atomic E-state index is 0. The predicted molar refractivity (Wildman–Crippen MR) is 47.2 cm³/mol. The van der Waals surface area contributed by atoms with Crippen molar-refractivity contribution < 1.29 is 68.9 Å². The zero-order chi connectivity index (χ0) is 8.39. The number of amidine groups is 1. The second kappa shape index (κ2) is 5.67. The molecule has 2 heterocycles. The number of hydrogen-bond acceptors (Lipinski definition) is 5. The van der Waals surface area contributed by atoms with Crippen molar-refractivity contribution in [3.8, 4) is 0 Å². The second-order valence-corrected chi connectivity index (χ2v) is 2.67. The van der Waals surface area contributed by atoms with Crippen molar-refractivity contribution in [3.63, 3.8) is 0 Å². The molecule has 0 amide bonds. The Balaban J connectivity index is 0.000000845. The molecule has 1 aliphatic rings. The van der Waals surface area contributed by atoms with Crippen LogP contribution in [0.4, 0.5) is 0 Å². The first-order chi connectivity index (χ1) is 5.86. The Hall–Kier alpha value is 0.862. The minimum Gasteiger partial charge on any atom is -0.426 e. The van der Waals surface area contributed by atoms with E-state index < -0.39 is 0 Å². The number of aromatic nitrogens is 1. The standard InChI is InChI=1S/C6H7N5P.Cs/c12-11-9-6(8-10-11)5-3-1-2-4-7-5;/h1-4,10,12H,(H,8,9);/q-1;+1. The predicted octanol–water partition coefficient (Wildman–Crippen LogP) is -2.87. The fourth-order valence-corrected chi connectivity index (χ4v) is 1.03. The van der Waals surface area contributed by atoms with Crippen molar-refractivity contribution in [1.29, 1.82) is 0 Å². The van der Waals surface area contributed by atoms with Gasteiger partial charge in [-0.15, -0.1) is 5.10 Å². The molecular formula is C6H7CsN5P. The van der Waals surface area contributed by atoms with Crippen molar-refractivity contribution in [2.75, 3.05) is 0 Å². The van der Waals surface area contributed by atoms with Crippen LogP contribution in [0, 0.1) is 0 Å². The molecule has 1 aromatic rings. The smallest absolute Gasteiger partial charge is 0.426 e. The summed E-state index contributed by atoms with van der Waals surface area (Å²) in [5.41, 5.74) is 6.34. The summed E-state index contributed by atoms with van der Waals surface area (Å²) in [7, 11) is 3.19. The van der Waals surface area contributed by atoms with Gasteiger partial charge < -0.3 is 14.8 Å². The van der Waals surface area contributed by atoms with Gasteiger partial charge >= 0.3 is 68.9 Å². The van der Waals surface area contributed by atoms with Gasteiger partial charge in [-0.05, 0) is 12.1 Å². The number of hydrazine groups is 2. The number of nitrogens with one attached hydrogen (secondary N) is 2. The van der Waals surface area contributed by atoms with E-state index in [9.17, 15) is 0 Å². The molecule has 0 unspecified atom stereocenters. The van der Waals surface area contributed by atoms with E-state index in [2.05, 4.69) is 30.4 Å². The van der Waals surface area contributed by atoms with E-state index in [1.54, 1.807) is 6.20 Å². The second-order valence-electron chi connectivity index (χ2n) is 2.22. The molecule has 0 bridgehead atoms. The molecule has 2 rings (SSSR count). The van der Waals surface area contributed by atoms with Crippen LogP contribution in [0.25, 0.3) is 0 Å². The third-order valence-corrected chi connectivity index (χ3v) is 1.60. The summed E-state index contributed by atoms with van der Waals surface area (Å²) in [4.78, 5) is 5.58. The summed E-state index contributed by atoms with van der Waals surface area (Å²) < 4.78 is 0. The molecule has 1 aromatic heterocycles. The average molecular weight is 313 g/mol. The molecule has 1 aliphatic heterocycles. The molecule has 0 aromatic carbocycles. The van der Waals surface area contributed by atoms with Crippen LogP contribution in [-0.4, -0.2) is 15.7 Å². The number of rotatable bonds is 1. The molecule has 0 saturated carbocycles. The van der Waals surface area contributed by atoms with Crippen molar-refractivity contribution in [1.82, 2.24) is 20.8 Å². The zero-order valence-electron chi connectivity index (χ0n) is 7.15. The van der Waals surface area contributed by atoms with Crippen LogP contribution in [0.5, 0.6) is 0 Å². The molecule has 2 N–H and O–H groups in total. The number of nitrogens with zero attached hydrogens (tertiary/aromatic N) is 3. The Morgan fingerprint density at radius 1 is 1.38 bits per heavy atom. The molecular weight excluding hydrogens is 306 g/mol. The van der Waals surface area contributed by atoms with Gasteiger partial charge in [0.05, 0.1) is 0 Å². The Labute approximate surface area is 137 Å². The minimum absolute atomic E-state index is 0. The molecule has 5 nitrogen and oxygen atoms in total. The summed E-state index contributed by atoms with van der Waals surface area (Å²) in [5, 5.41) is 3.96. The maximum absolute atomic E-state index is 4.11. The monoisotopic (exact) mass is 313 g/mol. The van der Waals surface area contributed by atoms with Crippen LogP contribution >= 0.6 is 9.39 Å². The first-order valence-corrected chi connectivity index (χ1v) is 3.84. The Kier molecular flexibility index (Phi) is 5.21. The van der Waals surface area contributed by atoms with Gasteiger partial charge in [-0.3, -0.25) is 9.87 Å². The van der Waals surface area contributed by atoms with Gasteiger partial charge in [0.1, 0.15) is 5.69 Å². The third-order valence-electron chi connectivity index (χ3n) is 1.39. The van der Waals surface area contributed by atoms with Crippen molar-refractivity contribution in [3.05, 3.63) is 30.1 Å². The van der Waals surface area contributed by atoms with E-state index in [-0.39, 0.29) is 68.9 Å². The van der Waals surface area contributed by atoms with Crippen molar-refractivity contribution in [2.24, 2.45) is 5.10 Å². The quantitative estimate of drug-likeness (QED) is 0.548. The summed E-state index contributed by atoms with van der Waals surface area (Å²) in [6, 6.07) is 5.64. The van der Waals surface area contributed by atoms with Crippen molar-refractivity contribution in [2.45, 2.75) is 0 Å². The topological polar surface area (TPSA) is 52.5 Å². The summed E-state index contributed by atoms with van der Waals surface area (Å²) in [6.07, 6.45) is 1.72. The van der Waals surface area contributed by atoms with Gasteiger partial charge in [-0.25, -0.2) is 5.53 Å². The molecule has 0 fully saturated rings. The molecule has 7 heteroatoms. The summed E-state index contributed by atoms with van der Waals surface area (Å²) >= 11 is 0. The fourth-order valence-electron chi connectivity index (χ4n) is 0.873. The SMILES string of the molecule is [Cs+].[PH-]N1NN=C(c2ccccn2)N1. The van der Waals surface area contributed by atoms with Gasteiger partial charge in [-0.1, -0.05) is 6.07 Å². The molecule has 13 heavy (non-hydrogen) atoms. The Morgan fingerprint density at radius 3 is 2.77 bits per heavy atom. The Morgan fingerprint density at radius 2 is 2.23 bits per heavy atom. The van der Waals surface area contributed by atoms with Gasteiger partial charge in [0.2, 0.25) is 0 Å². The van der Waals surface area contributed by atoms with Gasteiger partial charge in [0.25, 0.3) is 0 Å². The molecule has 0 aliphatic carbocycles. The molecule has 0 saturated heterocycles. The van der Waals surface area contributed by atoms with Gasteiger partial charge in [0, 0.05) is 6.20 Å². The summed E-state index contributed by atoms with van der Waals surface area (Å²) in [6.45, 7) is 0. The Bertz CT molecular complexity index is 303. The van der Waals surface area contributed by atoms with E-state index in [0.717, 1.165) is 5.69 Å². The molecule has 62 valence electrons. The number of hydrogen-bond donors (Lipinski definition) is 2. The van der Waals surface area contributed by atoms with Crippen LogP contribution in [-0.2, 0) is 0 Å². The van der Waals surface area contributed by atoms with Crippen LogP contribution in [0.1, 0.15) is 5.69 Å². The van der Waals surface area contributed by atoms with Crippen LogP contribution in [0.3, 0.4) is 0 Å². The molecule has 0 atom stereocenters. The number of pyridine rings is 1. The maximum Gasteiger partial charge on any atom is 1.00 e. The van der Waals surface area contributed by atoms with E-state index in [1.807, 2.05) is 18.2 Å². The van der Waals surface area contributed by atoms with Crippen molar-refractivity contribution >= 4 is 15.2 Å². The normalized spacial score (nSPS) is 15.3. The fraction of sp³-hybridized carbons (Fsp3) is 0. The van der Waals surface area contributed by atoms with E-state index >= 15 is 0 Å². The van der Waals surface area contributed by atoms with E-state index in [0.29, 0.717) is 5.84 Å². The summed E-state index contributed by atoms with van der Waals surface area (Å²) in [5.74, 6) is 0.686. The third kappa shape index (κ3) is 3.18. The largest absolute Gasteiger partial charge is 1.00 e. The van der Waals surface area contributed by atoms with Crippen LogP contribution in [0.2, 0.25) is 0 Å². The van der Waals surface area contributed by atoms with Gasteiger partial charge in [-0.2, -0.15) is 0 Å². The van der Waals surface area contributed by atoms with E-state index in [4.69, 9.17) is 0 Å². The average Bonchev–Trinajstić information content (AvgIpc) is 2.54. The first-order valence-electron chi connectivity index (χ1n) is 3.39. The van der Waals surface area contributed by atoms with Gasteiger partial charge in [0.15, 0.2) is 5.84 Å². The van der Waals surface area contributed by atoms with Crippen LogP contribution in [0.15, 0.2) is 29.5 Å². The molecule has 0 radical (unpaired) electrons. The first kappa shape index (κ1) is 11.9. The zero-order valence-corrected chi connectivity index (χ0v) is 14.4.